The number of aliphatic hydroxyl groups excluding tert-OH is 1. The van der Waals surface area contributed by atoms with E-state index in [-0.39, 0.29) is 6.54 Å². The Kier molecular flexibility index (Phi) is 5.94. The van der Waals surface area contributed by atoms with Crippen LogP contribution in [0.2, 0.25) is 0 Å². The molecule has 2 aromatic rings. The van der Waals surface area contributed by atoms with Crippen molar-refractivity contribution in [3.8, 4) is 0 Å². The molecule has 0 spiro atoms. The molecule has 0 aliphatic heterocycles. The van der Waals surface area contributed by atoms with Crippen LogP contribution in [-0.4, -0.2) is 16.9 Å². The molecule has 0 bridgehead atoms. The second-order valence-electron chi connectivity index (χ2n) is 4.90. The molecule has 118 valence electrons. The normalized spacial score (nSPS) is 10.9. The maximum Gasteiger partial charge on any atom is 0.286 e. The molecule has 0 atom stereocenters. The van der Waals surface area contributed by atoms with Crippen LogP contribution in [0.3, 0.4) is 0 Å². The predicted octanol–water partition coefficient (Wildman–Crippen LogP) is 2.06. The Morgan fingerprint density at radius 2 is 1.30 bits per heavy atom. The van der Waals surface area contributed by atoms with E-state index in [2.05, 4.69) is 10.6 Å². The van der Waals surface area contributed by atoms with E-state index in [1.165, 1.54) is 0 Å². The molecule has 0 fully saturated rings. The molecule has 2 aromatic carbocycles. The lowest BCUT2D eigenvalue weighted by Gasteiger charge is -2.05. The van der Waals surface area contributed by atoms with Crippen molar-refractivity contribution in [2.75, 3.05) is 0 Å². The number of aliphatic hydroxyl groups is 1. The molecule has 2 amide bonds. The third-order valence-electron chi connectivity index (χ3n) is 3.11. The number of amides is 2. The van der Waals surface area contributed by atoms with Crippen LogP contribution < -0.4 is 10.6 Å². The lowest BCUT2D eigenvalue weighted by molar-refractivity contribution is -0.121. The summed E-state index contributed by atoms with van der Waals surface area (Å²) in [6.07, 6.45) is 0.878. The quantitative estimate of drug-likeness (QED) is 0.564. The highest BCUT2D eigenvalue weighted by Gasteiger charge is 2.09. The molecule has 5 nitrogen and oxygen atoms in total. The lowest BCUT2D eigenvalue weighted by atomic mass is 10.2. The molecule has 2 rings (SSSR count). The predicted molar refractivity (Wildman–Crippen MR) is 87.3 cm³/mol. The lowest BCUT2D eigenvalue weighted by Crippen LogP contribution is -2.27. The summed E-state index contributed by atoms with van der Waals surface area (Å²) in [5.74, 6) is -1.84. The van der Waals surface area contributed by atoms with Crippen LogP contribution in [-0.2, 0) is 22.7 Å². The maximum atomic E-state index is 11.7. The average Bonchev–Trinajstić information content (AvgIpc) is 2.59. The van der Waals surface area contributed by atoms with Crippen molar-refractivity contribution in [3.63, 3.8) is 0 Å². The van der Waals surface area contributed by atoms with Crippen LogP contribution in [0.25, 0.3) is 0 Å². The summed E-state index contributed by atoms with van der Waals surface area (Å²) in [4.78, 5) is 23.4. The van der Waals surface area contributed by atoms with Gasteiger partial charge in [0.25, 0.3) is 5.91 Å². The highest BCUT2D eigenvalue weighted by Crippen LogP contribution is 1.99. The number of nitrogens with one attached hydrogen (secondary N) is 2. The second kappa shape index (κ2) is 8.38. The minimum atomic E-state index is -0.691. The van der Waals surface area contributed by atoms with E-state index in [4.69, 9.17) is 0 Å². The van der Waals surface area contributed by atoms with E-state index < -0.39 is 17.6 Å². The molecule has 0 saturated carbocycles. The number of carbonyl (C=O) groups is 2. The van der Waals surface area contributed by atoms with Gasteiger partial charge in [-0.3, -0.25) is 9.59 Å². The van der Waals surface area contributed by atoms with Crippen LogP contribution in [0.5, 0.6) is 0 Å². The van der Waals surface area contributed by atoms with Gasteiger partial charge < -0.3 is 15.7 Å². The zero-order valence-corrected chi connectivity index (χ0v) is 12.5. The van der Waals surface area contributed by atoms with Crippen LogP contribution >= 0.6 is 0 Å². The monoisotopic (exact) mass is 310 g/mol. The van der Waals surface area contributed by atoms with E-state index in [0.717, 1.165) is 17.2 Å². The van der Waals surface area contributed by atoms with Gasteiger partial charge in [-0.05, 0) is 11.1 Å². The summed E-state index contributed by atoms with van der Waals surface area (Å²) in [6, 6.07) is 18.7. The minimum absolute atomic E-state index is 0.281. The summed E-state index contributed by atoms with van der Waals surface area (Å²) in [7, 11) is 0. The van der Waals surface area contributed by atoms with Crippen LogP contribution in [0.4, 0.5) is 0 Å². The molecule has 0 saturated heterocycles. The fraction of sp³-hybridized carbons (Fsp3) is 0.111. The molecule has 3 N–H and O–H groups in total. The molecule has 0 aliphatic carbocycles. The van der Waals surface area contributed by atoms with Crippen molar-refractivity contribution >= 4 is 11.8 Å². The third-order valence-corrected chi connectivity index (χ3v) is 3.11. The van der Waals surface area contributed by atoms with Gasteiger partial charge in [-0.25, -0.2) is 0 Å². The first-order valence-corrected chi connectivity index (χ1v) is 7.19. The SMILES string of the molecule is O=C(/C=C(\O)C(=O)NCc1ccccc1)NCc1ccccc1. The Bertz CT molecular complexity index is 682. The number of carbonyl (C=O) groups excluding carboxylic acids is 2. The van der Waals surface area contributed by atoms with Crippen molar-refractivity contribution < 1.29 is 14.7 Å². The molecule has 0 unspecified atom stereocenters. The summed E-state index contributed by atoms with van der Waals surface area (Å²) >= 11 is 0. The molecule has 5 heteroatoms. The summed E-state index contributed by atoms with van der Waals surface area (Å²) in [6.45, 7) is 0.609. The Morgan fingerprint density at radius 1 is 0.826 bits per heavy atom. The van der Waals surface area contributed by atoms with Crippen LogP contribution in [0, 0.1) is 0 Å². The first-order valence-electron chi connectivity index (χ1n) is 7.19. The minimum Gasteiger partial charge on any atom is -0.503 e. The van der Waals surface area contributed by atoms with Crippen molar-refractivity contribution in [1.82, 2.24) is 10.6 Å². The first-order chi connectivity index (χ1) is 11.1. The summed E-state index contributed by atoms with van der Waals surface area (Å²) in [5.41, 5.74) is 1.84. The van der Waals surface area contributed by atoms with Gasteiger partial charge in [0, 0.05) is 13.1 Å². The molecule has 23 heavy (non-hydrogen) atoms. The molecular formula is C18H18N2O3. The number of benzene rings is 2. The van der Waals surface area contributed by atoms with Crippen molar-refractivity contribution in [2.24, 2.45) is 0 Å². The highest BCUT2D eigenvalue weighted by atomic mass is 16.3. The fourth-order valence-corrected chi connectivity index (χ4v) is 1.89. The Hall–Kier alpha value is -3.08. The molecular weight excluding hydrogens is 292 g/mol. The largest absolute Gasteiger partial charge is 0.503 e. The molecule has 0 aromatic heterocycles. The van der Waals surface area contributed by atoms with Gasteiger partial charge in [0.1, 0.15) is 0 Å². The van der Waals surface area contributed by atoms with Gasteiger partial charge in [0.15, 0.2) is 5.76 Å². The number of hydrogen-bond donors (Lipinski definition) is 3. The van der Waals surface area contributed by atoms with Gasteiger partial charge in [-0.15, -0.1) is 0 Å². The fourth-order valence-electron chi connectivity index (χ4n) is 1.89. The number of hydrogen-bond acceptors (Lipinski definition) is 3. The van der Waals surface area contributed by atoms with Crippen molar-refractivity contribution in [2.45, 2.75) is 13.1 Å². The van der Waals surface area contributed by atoms with E-state index >= 15 is 0 Å². The van der Waals surface area contributed by atoms with Gasteiger partial charge in [0.05, 0.1) is 6.08 Å². The summed E-state index contributed by atoms with van der Waals surface area (Å²) in [5, 5.41) is 14.8. The van der Waals surface area contributed by atoms with E-state index in [1.807, 2.05) is 60.7 Å². The van der Waals surface area contributed by atoms with E-state index in [1.54, 1.807) is 0 Å². The highest BCUT2D eigenvalue weighted by molar-refractivity contribution is 5.99. The molecule has 0 radical (unpaired) electrons. The Balaban J connectivity index is 1.80. The smallest absolute Gasteiger partial charge is 0.286 e. The topological polar surface area (TPSA) is 78.4 Å². The number of rotatable bonds is 6. The Labute approximate surface area is 134 Å². The summed E-state index contributed by atoms with van der Waals surface area (Å²) < 4.78 is 0. The Morgan fingerprint density at radius 3 is 1.83 bits per heavy atom. The van der Waals surface area contributed by atoms with Gasteiger partial charge >= 0.3 is 0 Å². The standard InChI is InChI=1S/C18H18N2O3/c21-16(18(23)20-13-15-9-5-2-6-10-15)11-17(22)19-12-14-7-3-1-4-8-14/h1-11,21H,12-13H2,(H,19,22)(H,20,23)/b16-11-. The van der Waals surface area contributed by atoms with Gasteiger partial charge in [-0.1, -0.05) is 60.7 Å². The van der Waals surface area contributed by atoms with Gasteiger partial charge in [0.2, 0.25) is 5.91 Å². The molecule has 0 heterocycles. The zero-order chi connectivity index (χ0) is 16.5. The third kappa shape index (κ3) is 5.67. The first kappa shape index (κ1) is 16.3. The van der Waals surface area contributed by atoms with Gasteiger partial charge in [-0.2, -0.15) is 0 Å². The average molecular weight is 310 g/mol. The van der Waals surface area contributed by atoms with Crippen molar-refractivity contribution in [3.05, 3.63) is 83.6 Å². The maximum absolute atomic E-state index is 11.7. The zero-order valence-electron chi connectivity index (χ0n) is 12.5. The molecule has 0 aliphatic rings. The van der Waals surface area contributed by atoms with Crippen LogP contribution in [0.1, 0.15) is 11.1 Å². The van der Waals surface area contributed by atoms with E-state index in [9.17, 15) is 14.7 Å². The van der Waals surface area contributed by atoms with Crippen molar-refractivity contribution in [1.29, 1.82) is 0 Å². The van der Waals surface area contributed by atoms with Crippen LogP contribution in [0.15, 0.2) is 72.5 Å². The van der Waals surface area contributed by atoms with E-state index in [0.29, 0.717) is 6.54 Å². The second-order valence-corrected chi connectivity index (χ2v) is 4.90.